The van der Waals surface area contributed by atoms with E-state index in [9.17, 15) is 9.18 Å². The number of halogens is 1. The van der Waals surface area contributed by atoms with Crippen LogP contribution in [0.25, 0.3) is 21.9 Å². The van der Waals surface area contributed by atoms with Crippen LogP contribution in [-0.2, 0) is 13.6 Å². The smallest absolute Gasteiger partial charge is 0.258 e. The molecule has 0 amide bonds. The number of methoxy groups -OCH3 is 2. The molecule has 0 bridgehead atoms. The van der Waals surface area contributed by atoms with Crippen molar-refractivity contribution in [1.82, 2.24) is 14.4 Å². The van der Waals surface area contributed by atoms with Crippen LogP contribution in [0.4, 0.5) is 4.39 Å². The van der Waals surface area contributed by atoms with Crippen molar-refractivity contribution in [3.05, 3.63) is 58.3 Å². The number of pyridine rings is 1. The molecular formula is C26H32FN3O3. The Labute approximate surface area is 194 Å². The number of hydrogen-bond donors (Lipinski definition) is 0. The molecule has 6 nitrogen and oxygen atoms in total. The number of ether oxygens (including phenoxy) is 2. The van der Waals surface area contributed by atoms with E-state index >= 15 is 0 Å². The van der Waals surface area contributed by atoms with E-state index in [0.29, 0.717) is 28.3 Å². The molecule has 0 aliphatic carbocycles. The minimum absolute atomic E-state index is 0.162. The summed E-state index contributed by atoms with van der Waals surface area (Å²) in [7, 11) is 5.00. The first kappa shape index (κ1) is 23.3. The summed E-state index contributed by atoms with van der Waals surface area (Å²) >= 11 is 0. The summed E-state index contributed by atoms with van der Waals surface area (Å²) < 4.78 is 27.2. The van der Waals surface area contributed by atoms with Crippen molar-refractivity contribution in [2.75, 3.05) is 40.4 Å². The number of hydrogen-bond acceptors (Lipinski definition) is 5. The van der Waals surface area contributed by atoms with Gasteiger partial charge in [-0.1, -0.05) is 0 Å². The molecule has 2 heterocycles. The molecule has 33 heavy (non-hydrogen) atoms. The molecule has 0 spiro atoms. The number of benzene rings is 2. The summed E-state index contributed by atoms with van der Waals surface area (Å²) in [5, 5.41) is 1.04. The molecule has 1 aliphatic heterocycles. The van der Waals surface area contributed by atoms with Gasteiger partial charge in [0.25, 0.3) is 5.56 Å². The highest BCUT2D eigenvalue weighted by Gasteiger charge is 2.23. The SMILES string of the molecule is COc1cc(-c2cn(C)c(=O)c3ccc(F)cc23)cc(OC)c1CN1CCN(C(C)C)CC1. The normalized spacial score (nSPS) is 15.4. The van der Waals surface area contributed by atoms with Gasteiger partial charge >= 0.3 is 0 Å². The van der Waals surface area contributed by atoms with Crippen LogP contribution in [0.5, 0.6) is 11.5 Å². The van der Waals surface area contributed by atoms with E-state index in [1.165, 1.54) is 22.8 Å². The zero-order chi connectivity index (χ0) is 23.7. The molecule has 7 heteroatoms. The number of aryl methyl sites for hydroxylation is 1. The molecule has 4 rings (SSSR count). The van der Waals surface area contributed by atoms with Crippen molar-refractivity contribution < 1.29 is 13.9 Å². The largest absolute Gasteiger partial charge is 0.496 e. The van der Waals surface area contributed by atoms with Crippen LogP contribution in [0, 0.1) is 5.82 Å². The molecule has 176 valence electrons. The van der Waals surface area contributed by atoms with Gasteiger partial charge in [-0.05, 0) is 55.1 Å². The molecule has 3 aromatic rings. The number of fused-ring (bicyclic) bond motifs is 1. The lowest BCUT2D eigenvalue weighted by Gasteiger charge is -2.37. The van der Waals surface area contributed by atoms with E-state index in [4.69, 9.17) is 9.47 Å². The Balaban J connectivity index is 1.75. The fourth-order valence-electron chi connectivity index (χ4n) is 4.62. The Hall–Kier alpha value is -2.90. The summed E-state index contributed by atoms with van der Waals surface area (Å²) in [5.74, 6) is 1.05. The fourth-order valence-corrected chi connectivity index (χ4v) is 4.62. The van der Waals surface area contributed by atoms with Crippen LogP contribution in [0.1, 0.15) is 19.4 Å². The third-order valence-corrected chi connectivity index (χ3v) is 6.58. The van der Waals surface area contributed by atoms with E-state index in [-0.39, 0.29) is 11.4 Å². The third kappa shape index (κ3) is 4.61. The van der Waals surface area contributed by atoms with Gasteiger partial charge in [0, 0.05) is 63.0 Å². The van der Waals surface area contributed by atoms with Crippen molar-refractivity contribution in [2.45, 2.75) is 26.4 Å². The monoisotopic (exact) mass is 453 g/mol. The molecule has 2 aromatic carbocycles. The average molecular weight is 454 g/mol. The van der Waals surface area contributed by atoms with E-state index in [1.54, 1.807) is 27.5 Å². The van der Waals surface area contributed by atoms with Crippen molar-refractivity contribution >= 4 is 10.8 Å². The van der Waals surface area contributed by atoms with Crippen molar-refractivity contribution in [1.29, 1.82) is 0 Å². The first-order chi connectivity index (χ1) is 15.8. The number of aromatic nitrogens is 1. The molecule has 1 saturated heterocycles. The summed E-state index contributed by atoms with van der Waals surface area (Å²) in [6.45, 7) is 9.23. The molecule has 0 unspecified atom stereocenters. The average Bonchev–Trinajstić information content (AvgIpc) is 2.81. The molecule has 1 aliphatic rings. The van der Waals surface area contributed by atoms with Gasteiger partial charge in [0.2, 0.25) is 0 Å². The Kier molecular flexibility index (Phi) is 6.72. The van der Waals surface area contributed by atoms with E-state index < -0.39 is 0 Å². The fraction of sp³-hybridized carbons (Fsp3) is 0.423. The predicted octanol–water partition coefficient (Wildman–Crippen LogP) is 3.89. The minimum Gasteiger partial charge on any atom is -0.496 e. The highest BCUT2D eigenvalue weighted by Crippen LogP contribution is 2.38. The summed E-state index contributed by atoms with van der Waals surface area (Å²) in [4.78, 5) is 17.5. The van der Waals surface area contributed by atoms with Crippen LogP contribution in [0.2, 0.25) is 0 Å². The van der Waals surface area contributed by atoms with Crippen LogP contribution >= 0.6 is 0 Å². The summed E-state index contributed by atoms with van der Waals surface area (Å²) in [6, 6.07) is 8.72. The zero-order valence-corrected chi connectivity index (χ0v) is 20.0. The lowest BCUT2D eigenvalue weighted by Crippen LogP contribution is -2.48. The lowest BCUT2D eigenvalue weighted by atomic mass is 9.98. The first-order valence-electron chi connectivity index (χ1n) is 11.3. The summed E-state index contributed by atoms with van der Waals surface area (Å²) in [6.07, 6.45) is 1.74. The van der Waals surface area contributed by atoms with Crippen LogP contribution < -0.4 is 15.0 Å². The van der Waals surface area contributed by atoms with E-state index in [0.717, 1.165) is 49.4 Å². The Morgan fingerprint density at radius 2 is 1.61 bits per heavy atom. The Morgan fingerprint density at radius 3 is 2.18 bits per heavy atom. The zero-order valence-electron chi connectivity index (χ0n) is 20.0. The van der Waals surface area contributed by atoms with Crippen molar-refractivity contribution in [3.8, 4) is 22.6 Å². The molecule has 0 saturated carbocycles. The Morgan fingerprint density at radius 1 is 0.970 bits per heavy atom. The van der Waals surface area contributed by atoms with Crippen LogP contribution in [0.15, 0.2) is 41.3 Å². The molecular weight excluding hydrogens is 421 g/mol. The molecule has 0 atom stereocenters. The van der Waals surface area contributed by atoms with Gasteiger partial charge in [0.1, 0.15) is 17.3 Å². The molecule has 0 N–H and O–H groups in total. The third-order valence-electron chi connectivity index (χ3n) is 6.58. The standard InChI is InChI=1S/C26H32FN3O3/c1-17(2)30-10-8-29(9-11-30)16-23-24(32-4)12-18(13-25(23)33-5)22-15-28(3)26(31)20-7-6-19(27)14-21(20)22/h6-7,12-15,17H,8-11,16H2,1-5H3. The van der Waals surface area contributed by atoms with Gasteiger partial charge in [0.05, 0.1) is 19.8 Å². The maximum Gasteiger partial charge on any atom is 0.258 e. The van der Waals surface area contributed by atoms with Crippen molar-refractivity contribution in [3.63, 3.8) is 0 Å². The first-order valence-corrected chi connectivity index (χ1v) is 11.3. The molecule has 1 fully saturated rings. The summed E-state index contributed by atoms with van der Waals surface area (Å²) in [5.41, 5.74) is 2.38. The van der Waals surface area contributed by atoms with Crippen LogP contribution in [-0.4, -0.2) is 60.8 Å². The molecule has 1 aromatic heterocycles. The highest BCUT2D eigenvalue weighted by atomic mass is 19.1. The quantitative estimate of drug-likeness (QED) is 0.567. The van der Waals surface area contributed by atoms with Crippen LogP contribution in [0.3, 0.4) is 0 Å². The maximum atomic E-state index is 14.1. The number of piperazine rings is 1. The lowest BCUT2D eigenvalue weighted by molar-refractivity contribution is 0.103. The van der Waals surface area contributed by atoms with Gasteiger partial charge in [-0.15, -0.1) is 0 Å². The van der Waals surface area contributed by atoms with Crippen molar-refractivity contribution in [2.24, 2.45) is 7.05 Å². The topological polar surface area (TPSA) is 46.9 Å². The van der Waals surface area contributed by atoms with Gasteiger partial charge < -0.3 is 14.0 Å². The maximum absolute atomic E-state index is 14.1. The number of nitrogens with zero attached hydrogens (tertiary/aromatic N) is 3. The van der Waals surface area contributed by atoms with Gasteiger partial charge in [-0.2, -0.15) is 0 Å². The Bertz CT molecular complexity index is 1190. The molecule has 0 radical (unpaired) electrons. The highest BCUT2D eigenvalue weighted by molar-refractivity contribution is 5.96. The van der Waals surface area contributed by atoms with Gasteiger partial charge in [-0.25, -0.2) is 4.39 Å². The van der Waals surface area contributed by atoms with E-state index in [2.05, 4.69) is 23.6 Å². The van der Waals surface area contributed by atoms with Gasteiger partial charge in [0.15, 0.2) is 0 Å². The minimum atomic E-state index is -0.381. The van der Waals surface area contributed by atoms with Gasteiger partial charge in [-0.3, -0.25) is 14.6 Å². The second kappa shape index (κ2) is 9.53. The predicted molar refractivity (Wildman–Crippen MR) is 130 cm³/mol. The second-order valence-electron chi connectivity index (χ2n) is 8.91. The second-order valence-corrected chi connectivity index (χ2v) is 8.91. The van der Waals surface area contributed by atoms with E-state index in [1.807, 2.05) is 12.1 Å². The number of rotatable bonds is 6.